The fourth-order valence-corrected chi connectivity index (χ4v) is 3.99. The molecule has 4 rings (SSSR count). The van der Waals surface area contributed by atoms with Gasteiger partial charge in [0.25, 0.3) is 0 Å². The third kappa shape index (κ3) is 5.69. The summed E-state index contributed by atoms with van der Waals surface area (Å²) in [5.41, 5.74) is 2.52. The Morgan fingerprint density at radius 3 is 2.56 bits per heavy atom. The van der Waals surface area contributed by atoms with Crippen LogP contribution in [-0.4, -0.2) is 48.1 Å². The predicted molar refractivity (Wildman–Crippen MR) is 139 cm³/mol. The van der Waals surface area contributed by atoms with Crippen LogP contribution >= 0.6 is 0 Å². The van der Waals surface area contributed by atoms with Gasteiger partial charge in [-0.25, -0.2) is 14.8 Å². The Balaban J connectivity index is 1.58. The summed E-state index contributed by atoms with van der Waals surface area (Å²) in [6.07, 6.45) is 1.61. The van der Waals surface area contributed by atoms with E-state index in [0.29, 0.717) is 30.5 Å². The Morgan fingerprint density at radius 2 is 1.88 bits per heavy atom. The lowest BCUT2D eigenvalue weighted by molar-refractivity contribution is 0.0985. The van der Waals surface area contributed by atoms with Gasteiger partial charge in [-0.05, 0) is 68.9 Å². The van der Waals surface area contributed by atoms with Crippen LogP contribution in [0.1, 0.15) is 26.5 Å². The van der Waals surface area contributed by atoms with Crippen LogP contribution in [-0.2, 0) is 21.2 Å². The number of carbonyl (C=O) groups is 1. The van der Waals surface area contributed by atoms with Crippen LogP contribution in [0.2, 0.25) is 0 Å². The van der Waals surface area contributed by atoms with Crippen molar-refractivity contribution in [2.45, 2.75) is 31.6 Å². The van der Waals surface area contributed by atoms with Crippen molar-refractivity contribution in [1.29, 1.82) is 0 Å². The summed E-state index contributed by atoms with van der Waals surface area (Å²) in [4.78, 5) is 24.3. The molecule has 0 spiro atoms. The molecule has 34 heavy (non-hydrogen) atoms. The van der Waals surface area contributed by atoms with Gasteiger partial charge in [-0.3, -0.25) is 5.32 Å². The number of nitrogens with zero attached hydrogens (tertiary/aromatic N) is 3. The minimum absolute atomic E-state index is 0.106. The van der Waals surface area contributed by atoms with Crippen molar-refractivity contribution in [3.05, 3.63) is 66.4 Å². The summed E-state index contributed by atoms with van der Waals surface area (Å²) in [6, 6.07) is 18.8. The molecule has 8 heteroatoms. The summed E-state index contributed by atoms with van der Waals surface area (Å²) < 4.78 is 10.8. The number of para-hydroxylation sites is 1. The highest BCUT2D eigenvalue weighted by Crippen LogP contribution is 2.30. The van der Waals surface area contributed by atoms with Gasteiger partial charge in [0.1, 0.15) is 17.3 Å². The molecule has 0 saturated carbocycles. The first kappa shape index (κ1) is 24.0. The van der Waals surface area contributed by atoms with Crippen molar-refractivity contribution in [3.63, 3.8) is 0 Å². The maximum absolute atomic E-state index is 12.2. The Morgan fingerprint density at radius 1 is 1.15 bits per heavy atom. The number of hydrogen-bond acceptors (Lipinski definition) is 6. The van der Waals surface area contributed by atoms with Crippen LogP contribution in [0.15, 0.2) is 60.7 Å². The van der Waals surface area contributed by atoms with Gasteiger partial charge in [0.2, 0.25) is 0 Å². The molecule has 3 aromatic rings. The quantitative estimate of drug-likeness (QED) is 0.409. The minimum atomic E-state index is -0.538. The molecule has 7 nitrogen and oxygen atoms in total. The standard InChI is InChI=1S/C26H30N4O3S/c1-18-17-32-15-14-30(18)23-16-22(26(2,3)34-4)28-24(29-23)19-10-12-20(13-11-19)27-25(31)33-21-8-6-5-7-9-21/h5-13,16,18H,14-15,17H2,1-4H3,(H,27,31)/p+1/t18-/m0/s1. The third-order valence-corrected chi connectivity index (χ3v) is 7.25. The molecular weight excluding hydrogens is 448 g/mol. The highest BCUT2D eigenvalue weighted by molar-refractivity contribution is 7.78. The van der Waals surface area contributed by atoms with Crippen LogP contribution < -0.4 is 15.0 Å². The molecule has 1 fully saturated rings. The maximum atomic E-state index is 12.2. The Hall–Kier alpha value is -3.10. The van der Waals surface area contributed by atoms with Gasteiger partial charge < -0.3 is 14.4 Å². The number of morpholine rings is 1. The molecule has 1 atom stereocenters. The maximum Gasteiger partial charge on any atom is 0.417 e. The lowest BCUT2D eigenvalue weighted by atomic mass is 10.1. The third-order valence-electron chi connectivity index (χ3n) is 5.90. The first-order valence-corrected chi connectivity index (χ1v) is 12.7. The second-order valence-electron chi connectivity index (χ2n) is 8.74. The zero-order valence-electron chi connectivity index (χ0n) is 20.0. The molecule has 0 radical (unpaired) electrons. The molecule has 1 aromatic heterocycles. The number of thiol groups is 1. The fourth-order valence-electron chi connectivity index (χ4n) is 3.65. The van der Waals surface area contributed by atoms with Crippen LogP contribution in [0.5, 0.6) is 5.75 Å². The van der Waals surface area contributed by atoms with Gasteiger partial charge in [0, 0.05) is 23.9 Å². The average molecular weight is 480 g/mol. The fraction of sp³-hybridized carbons (Fsp3) is 0.346. The molecular formula is C26H31N4O3S+. The van der Waals surface area contributed by atoms with E-state index in [0.717, 1.165) is 23.6 Å². The second-order valence-corrected chi connectivity index (χ2v) is 10.3. The predicted octanol–water partition coefficient (Wildman–Crippen LogP) is 4.66. The van der Waals surface area contributed by atoms with Crippen molar-refractivity contribution in [2.24, 2.45) is 0 Å². The number of aromatic nitrogens is 2. The van der Waals surface area contributed by atoms with Crippen LogP contribution in [0.3, 0.4) is 0 Å². The summed E-state index contributed by atoms with van der Waals surface area (Å²) in [5, 5.41) is 2.76. The molecule has 2 aromatic carbocycles. The molecule has 1 aliphatic heterocycles. The largest absolute Gasteiger partial charge is 0.417 e. The van der Waals surface area contributed by atoms with Gasteiger partial charge in [-0.1, -0.05) is 18.2 Å². The monoisotopic (exact) mass is 479 g/mol. The summed E-state index contributed by atoms with van der Waals surface area (Å²) in [6.45, 7) is 8.71. The van der Waals surface area contributed by atoms with Gasteiger partial charge >= 0.3 is 6.09 Å². The number of hydrogen-bond donors (Lipinski definition) is 1. The first-order valence-electron chi connectivity index (χ1n) is 11.3. The lowest BCUT2D eigenvalue weighted by Crippen LogP contribution is -2.44. The Kier molecular flexibility index (Phi) is 7.38. The van der Waals surface area contributed by atoms with E-state index >= 15 is 0 Å². The van der Waals surface area contributed by atoms with Crippen molar-refractivity contribution in [3.8, 4) is 17.1 Å². The highest BCUT2D eigenvalue weighted by atomic mass is 32.2. The first-order chi connectivity index (χ1) is 16.4. The van der Waals surface area contributed by atoms with Crippen LogP contribution in [0.4, 0.5) is 16.3 Å². The number of benzene rings is 2. The molecule has 1 N–H and O–H groups in total. The molecule has 178 valence electrons. The van der Waals surface area contributed by atoms with Crippen molar-refractivity contribution >= 4 is 29.4 Å². The van der Waals surface area contributed by atoms with Crippen molar-refractivity contribution < 1.29 is 14.3 Å². The van der Waals surface area contributed by atoms with E-state index in [1.165, 1.54) is 11.8 Å². The lowest BCUT2D eigenvalue weighted by Gasteiger charge is -2.34. The Labute approximate surface area is 204 Å². The number of nitrogens with one attached hydrogen (secondary N) is 1. The SMILES string of the molecule is C[SH+]C(C)(C)c1cc(N2CCOC[C@@H]2C)nc(-c2ccc(NC(=O)Oc3ccccc3)cc2)n1. The van der Waals surface area contributed by atoms with E-state index in [9.17, 15) is 4.79 Å². The topological polar surface area (TPSA) is 76.6 Å². The van der Waals surface area contributed by atoms with E-state index in [1.807, 2.05) is 42.5 Å². The van der Waals surface area contributed by atoms with E-state index in [1.54, 1.807) is 12.1 Å². The summed E-state index contributed by atoms with van der Waals surface area (Å²) in [7, 11) is 0. The van der Waals surface area contributed by atoms with E-state index in [-0.39, 0.29) is 10.8 Å². The summed E-state index contributed by atoms with van der Waals surface area (Å²) in [5.74, 6) is 2.08. The smallest absolute Gasteiger partial charge is 0.410 e. The number of carbonyl (C=O) groups excluding carboxylic acids is 1. The Bertz CT molecular complexity index is 1120. The molecule has 1 aliphatic rings. The van der Waals surface area contributed by atoms with E-state index in [2.05, 4.69) is 43.3 Å². The second kappa shape index (κ2) is 10.4. The van der Waals surface area contributed by atoms with Crippen LogP contribution in [0.25, 0.3) is 11.4 Å². The minimum Gasteiger partial charge on any atom is -0.410 e. The molecule has 0 bridgehead atoms. The van der Waals surface area contributed by atoms with Crippen LogP contribution in [0, 0.1) is 0 Å². The van der Waals surface area contributed by atoms with E-state index in [4.69, 9.17) is 19.4 Å². The zero-order valence-corrected chi connectivity index (χ0v) is 20.9. The van der Waals surface area contributed by atoms with Gasteiger partial charge in [0.05, 0.1) is 25.5 Å². The normalized spacial score (nSPS) is 16.2. The summed E-state index contributed by atoms with van der Waals surface area (Å²) >= 11 is 1.23. The number of amides is 1. The molecule has 0 aliphatic carbocycles. The zero-order chi connectivity index (χ0) is 24.1. The van der Waals surface area contributed by atoms with Gasteiger partial charge in [-0.2, -0.15) is 0 Å². The number of rotatable bonds is 6. The van der Waals surface area contributed by atoms with Crippen molar-refractivity contribution in [1.82, 2.24) is 9.97 Å². The number of anilines is 2. The molecule has 1 amide bonds. The molecule has 0 unspecified atom stereocenters. The molecule has 2 heterocycles. The molecule has 1 saturated heterocycles. The van der Waals surface area contributed by atoms with Gasteiger partial charge in [-0.15, -0.1) is 0 Å². The van der Waals surface area contributed by atoms with E-state index < -0.39 is 6.09 Å². The average Bonchev–Trinajstić information content (AvgIpc) is 2.85. The number of ether oxygens (including phenoxy) is 2. The van der Waals surface area contributed by atoms with Crippen molar-refractivity contribution in [2.75, 3.05) is 36.2 Å². The van der Waals surface area contributed by atoms with Gasteiger partial charge in [0.15, 0.2) is 10.6 Å². The highest BCUT2D eigenvalue weighted by Gasteiger charge is 2.31.